The number of nitrogens with zero attached hydrogens (tertiary/aromatic N) is 1. The topological polar surface area (TPSA) is 49.8 Å². The first-order valence-corrected chi connectivity index (χ1v) is 4.78. The van der Waals surface area contributed by atoms with Gasteiger partial charge in [-0.15, -0.1) is 0 Å². The van der Waals surface area contributed by atoms with E-state index in [0.29, 0.717) is 13.2 Å². The van der Waals surface area contributed by atoms with E-state index in [1.165, 1.54) is 0 Å². The first-order valence-electron chi connectivity index (χ1n) is 4.78. The van der Waals surface area contributed by atoms with Crippen molar-refractivity contribution in [2.24, 2.45) is 0 Å². The van der Waals surface area contributed by atoms with Crippen LogP contribution in [0.1, 0.15) is 12.0 Å². The van der Waals surface area contributed by atoms with E-state index in [1.807, 2.05) is 30.3 Å². The van der Waals surface area contributed by atoms with Crippen LogP contribution in [0.2, 0.25) is 0 Å². The molecule has 0 aliphatic rings. The molecule has 4 nitrogen and oxygen atoms in total. The normalized spacial score (nSPS) is 10.5. The van der Waals surface area contributed by atoms with Crippen molar-refractivity contribution in [3.8, 4) is 0 Å². The van der Waals surface area contributed by atoms with Gasteiger partial charge in [-0.1, -0.05) is 30.3 Å². The Morgan fingerprint density at radius 2 is 2.07 bits per heavy atom. The van der Waals surface area contributed by atoms with Crippen LogP contribution in [0.15, 0.2) is 30.3 Å². The summed E-state index contributed by atoms with van der Waals surface area (Å²) in [5, 5.41) is 10.0. The van der Waals surface area contributed by atoms with Crippen LogP contribution in [0.4, 0.5) is 0 Å². The molecule has 0 aromatic heterocycles. The highest BCUT2D eigenvalue weighted by molar-refractivity contribution is 5.66. The Morgan fingerprint density at radius 1 is 1.40 bits per heavy atom. The molecule has 0 saturated carbocycles. The summed E-state index contributed by atoms with van der Waals surface area (Å²) < 4.78 is 0. The molecular weight excluding hydrogens is 194 g/mol. The lowest BCUT2D eigenvalue weighted by atomic mass is 10.2. The lowest BCUT2D eigenvalue weighted by Gasteiger charge is -2.15. The second-order valence-corrected chi connectivity index (χ2v) is 3.25. The quantitative estimate of drug-likeness (QED) is 0.722. The zero-order chi connectivity index (χ0) is 11.1. The number of carboxylic acids is 1. The number of carbonyl (C=O) groups is 1. The average Bonchev–Trinajstić information content (AvgIpc) is 2.25. The summed E-state index contributed by atoms with van der Waals surface area (Å²) in [5.74, 6) is -0.815. The van der Waals surface area contributed by atoms with E-state index in [0.717, 1.165) is 5.56 Å². The molecule has 0 bridgehead atoms. The maximum Gasteiger partial charge on any atom is 0.304 e. The first kappa shape index (κ1) is 11.7. The molecule has 0 atom stereocenters. The first-order chi connectivity index (χ1) is 7.18. The number of benzene rings is 1. The fourth-order valence-corrected chi connectivity index (χ4v) is 1.08. The van der Waals surface area contributed by atoms with Crippen LogP contribution in [0.3, 0.4) is 0 Å². The Labute approximate surface area is 89.0 Å². The Hall–Kier alpha value is -1.39. The summed E-state index contributed by atoms with van der Waals surface area (Å²) in [7, 11) is 1.73. The van der Waals surface area contributed by atoms with Crippen LogP contribution in [0.25, 0.3) is 0 Å². The van der Waals surface area contributed by atoms with Crippen molar-refractivity contribution in [1.29, 1.82) is 0 Å². The van der Waals surface area contributed by atoms with Crippen LogP contribution < -0.4 is 0 Å². The van der Waals surface area contributed by atoms with Crippen molar-refractivity contribution in [3.63, 3.8) is 0 Å². The molecule has 0 unspecified atom stereocenters. The molecule has 0 spiro atoms. The van der Waals surface area contributed by atoms with Gasteiger partial charge >= 0.3 is 5.97 Å². The number of carboxylic acid groups (broad SMARTS) is 1. The van der Waals surface area contributed by atoms with Gasteiger partial charge in [0.25, 0.3) is 0 Å². The van der Waals surface area contributed by atoms with Gasteiger partial charge < -0.3 is 5.11 Å². The molecule has 0 amide bonds. The highest BCUT2D eigenvalue weighted by Crippen LogP contribution is 2.02. The van der Waals surface area contributed by atoms with Gasteiger partial charge in [0.15, 0.2) is 0 Å². The number of rotatable bonds is 6. The largest absolute Gasteiger partial charge is 0.481 e. The highest BCUT2D eigenvalue weighted by Gasteiger charge is 2.02. The number of hydrogen-bond donors (Lipinski definition) is 1. The third-order valence-electron chi connectivity index (χ3n) is 1.93. The second-order valence-electron chi connectivity index (χ2n) is 3.25. The van der Waals surface area contributed by atoms with E-state index in [1.54, 1.807) is 12.1 Å². The molecular formula is C11H15NO3. The molecule has 0 heterocycles. The van der Waals surface area contributed by atoms with Gasteiger partial charge in [0.05, 0.1) is 13.0 Å². The SMILES string of the molecule is CN(CCC(=O)O)OCc1ccccc1. The molecule has 0 radical (unpaired) electrons. The molecule has 0 aliphatic heterocycles. The molecule has 4 heteroatoms. The van der Waals surface area contributed by atoms with E-state index < -0.39 is 5.97 Å². The Bertz CT molecular complexity index is 300. The van der Waals surface area contributed by atoms with Gasteiger partial charge in [0.1, 0.15) is 0 Å². The summed E-state index contributed by atoms with van der Waals surface area (Å²) in [5.41, 5.74) is 1.07. The van der Waals surface area contributed by atoms with Crippen LogP contribution in [-0.2, 0) is 16.2 Å². The molecule has 1 aromatic carbocycles. The highest BCUT2D eigenvalue weighted by atomic mass is 16.7. The summed E-state index contributed by atoms with van der Waals surface area (Å²) in [6.07, 6.45) is 0.0886. The van der Waals surface area contributed by atoms with E-state index in [-0.39, 0.29) is 6.42 Å². The van der Waals surface area contributed by atoms with Crippen molar-refractivity contribution < 1.29 is 14.7 Å². The predicted octanol–water partition coefficient (Wildman–Crippen LogP) is 1.52. The van der Waals surface area contributed by atoms with Gasteiger partial charge in [0, 0.05) is 13.6 Å². The standard InChI is InChI=1S/C11H15NO3/c1-12(8-7-11(13)14)15-9-10-5-3-2-4-6-10/h2-6H,7-9H2,1H3,(H,13,14). The molecule has 82 valence electrons. The second kappa shape index (κ2) is 6.16. The van der Waals surface area contributed by atoms with Crippen molar-refractivity contribution in [1.82, 2.24) is 5.06 Å². The minimum absolute atomic E-state index is 0.0886. The Kier molecular flexibility index (Phi) is 4.80. The van der Waals surface area contributed by atoms with Crippen LogP contribution in [0.5, 0.6) is 0 Å². The zero-order valence-electron chi connectivity index (χ0n) is 8.72. The predicted molar refractivity (Wildman–Crippen MR) is 56.1 cm³/mol. The fraction of sp³-hybridized carbons (Fsp3) is 0.364. The Morgan fingerprint density at radius 3 is 2.67 bits per heavy atom. The van der Waals surface area contributed by atoms with Crippen LogP contribution >= 0.6 is 0 Å². The maximum atomic E-state index is 10.3. The van der Waals surface area contributed by atoms with Gasteiger partial charge in [-0.2, -0.15) is 5.06 Å². The third-order valence-corrected chi connectivity index (χ3v) is 1.93. The Balaban J connectivity index is 2.22. The lowest BCUT2D eigenvalue weighted by molar-refractivity contribution is -0.159. The van der Waals surface area contributed by atoms with Gasteiger partial charge in [-0.25, -0.2) is 0 Å². The molecule has 15 heavy (non-hydrogen) atoms. The van der Waals surface area contributed by atoms with Crippen molar-refractivity contribution in [2.45, 2.75) is 13.0 Å². The lowest BCUT2D eigenvalue weighted by Crippen LogP contribution is -2.22. The maximum absolute atomic E-state index is 10.3. The number of hydrogen-bond acceptors (Lipinski definition) is 3. The summed E-state index contributed by atoms with van der Waals surface area (Å²) in [6.45, 7) is 0.860. The minimum atomic E-state index is -0.815. The molecule has 1 aromatic rings. The molecule has 1 N–H and O–H groups in total. The van der Waals surface area contributed by atoms with Crippen molar-refractivity contribution in [3.05, 3.63) is 35.9 Å². The van der Waals surface area contributed by atoms with E-state index in [9.17, 15) is 4.79 Å². The molecule has 0 aliphatic carbocycles. The monoisotopic (exact) mass is 209 g/mol. The third kappa shape index (κ3) is 5.15. The summed E-state index contributed by atoms with van der Waals surface area (Å²) >= 11 is 0. The molecule has 0 saturated heterocycles. The zero-order valence-corrected chi connectivity index (χ0v) is 8.72. The number of aliphatic carboxylic acids is 1. The van der Waals surface area contributed by atoms with Crippen molar-refractivity contribution in [2.75, 3.05) is 13.6 Å². The van der Waals surface area contributed by atoms with E-state index >= 15 is 0 Å². The fourth-order valence-electron chi connectivity index (χ4n) is 1.08. The van der Waals surface area contributed by atoms with Crippen LogP contribution in [0, 0.1) is 0 Å². The van der Waals surface area contributed by atoms with E-state index in [2.05, 4.69) is 0 Å². The molecule has 0 fully saturated rings. The summed E-state index contributed by atoms with van der Waals surface area (Å²) in [6, 6.07) is 9.75. The van der Waals surface area contributed by atoms with Gasteiger partial charge in [0.2, 0.25) is 0 Å². The smallest absolute Gasteiger partial charge is 0.304 e. The van der Waals surface area contributed by atoms with Gasteiger partial charge in [-0.3, -0.25) is 9.63 Å². The number of hydroxylamine groups is 2. The minimum Gasteiger partial charge on any atom is -0.481 e. The van der Waals surface area contributed by atoms with Crippen molar-refractivity contribution >= 4 is 5.97 Å². The van der Waals surface area contributed by atoms with Gasteiger partial charge in [-0.05, 0) is 5.56 Å². The summed E-state index contributed by atoms with van der Waals surface area (Å²) in [4.78, 5) is 15.6. The van der Waals surface area contributed by atoms with Crippen LogP contribution in [-0.4, -0.2) is 29.7 Å². The average molecular weight is 209 g/mol. The molecule has 1 rings (SSSR count). The van der Waals surface area contributed by atoms with E-state index in [4.69, 9.17) is 9.94 Å².